The van der Waals surface area contributed by atoms with Crippen LogP contribution in [0.3, 0.4) is 0 Å². The summed E-state index contributed by atoms with van der Waals surface area (Å²) in [6.45, 7) is 5.71. The van der Waals surface area contributed by atoms with Crippen LogP contribution in [-0.2, 0) is 4.79 Å². The van der Waals surface area contributed by atoms with Crippen molar-refractivity contribution in [1.29, 1.82) is 0 Å². The minimum atomic E-state index is 0. The zero-order valence-corrected chi connectivity index (χ0v) is 19.5. The minimum Gasteiger partial charge on any atom is -0.340 e. The number of benzene rings is 2. The monoisotopic (exact) mass is 461 g/mol. The maximum atomic E-state index is 13.1. The SMILES string of the molecule is Cl.Cl.O=C(C1CC12CCNCC2)N1CCN(C(c2ccccc2)c2ccccc2)CC1. The molecule has 31 heavy (non-hydrogen) atoms. The summed E-state index contributed by atoms with van der Waals surface area (Å²) >= 11 is 0. The molecule has 2 aromatic carbocycles. The number of hydrogen-bond acceptors (Lipinski definition) is 3. The van der Waals surface area contributed by atoms with Crippen LogP contribution < -0.4 is 5.32 Å². The minimum absolute atomic E-state index is 0. The Hall–Kier alpha value is -1.59. The molecule has 1 N–H and O–H groups in total. The third kappa shape index (κ3) is 4.93. The zero-order valence-electron chi connectivity index (χ0n) is 17.9. The van der Waals surface area contributed by atoms with Crippen molar-refractivity contribution in [1.82, 2.24) is 15.1 Å². The average molecular weight is 462 g/mol. The predicted octanol–water partition coefficient (Wildman–Crippen LogP) is 4.15. The van der Waals surface area contributed by atoms with E-state index in [1.807, 2.05) is 0 Å². The molecule has 1 amide bonds. The van der Waals surface area contributed by atoms with Crippen molar-refractivity contribution >= 4 is 30.7 Å². The molecule has 3 aliphatic rings. The van der Waals surface area contributed by atoms with E-state index in [0.29, 0.717) is 11.3 Å². The molecule has 0 bridgehead atoms. The van der Waals surface area contributed by atoms with Gasteiger partial charge in [0.1, 0.15) is 0 Å². The van der Waals surface area contributed by atoms with E-state index in [0.717, 1.165) is 45.7 Å². The first kappa shape index (κ1) is 24.1. The molecule has 2 saturated heterocycles. The number of carbonyl (C=O) groups is 1. The number of hydrogen-bond donors (Lipinski definition) is 1. The van der Waals surface area contributed by atoms with Gasteiger partial charge in [0.25, 0.3) is 0 Å². The van der Waals surface area contributed by atoms with E-state index in [9.17, 15) is 4.79 Å². The third-order valence-corrected chi connectivity index (χ3v) is 7.31. The number of rotatable bonds is 4. The fourth-order valence-electron chi connectivity index (χ4n) is 5.48. The molecule has 5 rings (SSSR count). The Morgan fingerprint density at radius 2 is 1.35 bits per heavy atom. The van der Waals surface area contributed by atoms with Crippen LogP contribution in [0, 0.1) is 11.3 Å². The Morgan fingerprint density at radius 1 is 0.839 bits per heavy atom. The topological polar surface area (TPSA) is 35.6 Å². The fraction of sp³-hybridized carbons (Fsp3) is 0.480. The van der Waals surface area contributed by atoms with Crippen LogP contribution in [0.1, 0.15) is 36.4 Å². The van der Waals surface area contributed by atoms with Crippen LogP contribution in [0.15, 0.2) is 60.7 Å². The van der Waals surface area contributed by atoms with Gasteiger partial charge in [-0.1, -0.05) is 60.7 Å². The Bertz CT molecular complexity index is 795. The van der Waals surface area contributed by atoms with Gasteiger partial charge in [0.05, 0.1) is 6.04 Å². The molecule has 6 heteroatoms. The Labute approximate surface area is 198 Å². The smallest absolute Gasteiger partial charge is 0.226 e. The quantitative estimate of drug-likeness (QED) is 0.742. The van der Waals surface area contributed by atoms with Crippen LogP contribution in [0.2, 0.25) is 0 Å². The number of nitrogens with zero attached hydrogens (tertiary/aromatic N) is 2. The summed E-state index contributed by atoms with van der Waals surface area (Å²) in [6.07, 6.45) is 3.46. The zero-order chi connectivity index (χ0) is 19.7. The molecule has 2 heterocycles. The molecule has 168 valence electrons. The highest BCUT2D eigenvalue weighted by atomic mass is 35.5. The Morgan fingerprint density at radius 3 is 1.87 bits per heavy atom. The van der Waals surface area contributed by atoms with Gasteiger partial charge in [0.15, 0.2) is 0 Å². The second-order valence-electron chi connectivity index (χ2n) is 8.95. The first-order chi connectivity index (χ1) is 14.3. The standard InChI is InChI=1S/C25H31N3O.2ClH/c29-24(22-19-25(22)11-13-26-14-12-25)28-17-15-27(16-18-28)23(20-7-3-1-4-8-20)21-9-5-2-6-10-21;;/h1-10,22-23,26H,11-19H2;2*1H. The Balaban J connectivity index is 0.00000136. The molecule has 1 spiro atoms. The van der Waals surface area contributed by atoms with E-state index >= 15 is 0 Å². The van der Waals surface area contributed by atoms with Crippen LogP contribution in [0.4, 0.5) is 0 Å². The van der Waals surface area contributed by atoms with Crippen molar-refractivity contribution in [3.05, 3.63) is 71.8 Å². The molecule has 2 aliphatic heterocycles. The van der Waals surface area contributed by atoms with Crippen LogP contribution in [-0.4, -0.2) is 55.0 Å². The van der Waals surface area contributed by atoms with Crippen molar-refractivity contribution in [2.45, 2.75) is 25.3 Å². The summed E-state index contributed by atoms with van der Waals surface area (Å²) in [5.41, 5.74) is 2.99. The number of piperidine rings is 1. The molecule has 1 saturated carbocycles. The van der Waals surface area contributed by atoms with Gasteiger partial charge in [-0.05, 0) is 48.9 Å². The first-order valence-corrected chi connectivity index (χ1v) is 11.1. The highest BCUT2D eigenvalue weighted by Gasteiger charge is 2.58. The maximum Gasteiger partial charge on any atom is 0.226 e. The number of halogens is 2. The highest BCUT2D eigenvalue weighted by Crippen LogP contribution is 2.59. The summed E-state index contributed by atoms with van der Waals surface area (Å²) < 4.78 is 0. The molecule has 1 atom stereocenters. The van der Waals surface area contributed by atoms with Crippen LogP contribution in [0.5, 0.6) is 0 Å². The summed E-state index contributed by atoms with van der Waals surface area (Å²) in [5.74, 6) is 0.706. The second kappa shape index (κ2) is 10.4. The average Bonchev–Trinajstić information content (AvgIpc) is 3.48. The van der Waals surface area contributed by atoms with Crippen molar-refractivity contribution in [2.24, 2.45) is 11.3 Å². The first-order valence-electron chi connectivity index (χ1n) is 11.1. The maximum absolute atomic E-state index is 13.1. The molecule has 2 aromatic rings. The predicted molar refractivity (Wildman–Crippen MR) is 130 cm³/mol. The second-order valence-corrected chi connectivity index (χ2v) is 8.95. The number of nitrogens with one attached hydrogen (secondary N) is 1. The van der Waals surface area contributed by atoms with Gasteiger partial charge in [0, 0.05) is 32.1 Å². The lowest BCUT2D eigenvalue weighted by Gasteiger charge is -2.40. The molecule has 3 fully saturated rings. The lowest BCUT2D eigenvalue weighted by Crippen LogP contribution is -2.50. The van der Waals surface area contributed by atoms with Gasteiger partial charge in [-0.2, -0.15) is 0 Å². The van der Waals surface area contributed by atoms with Crippen molar-refractivity contribution < 1.29 is 4.79 Å². The van der Waals surface area contributed by atoms with Crippen LogP contribution in [0.25, 0.3) is 0 Å². The van der Waals surface area contributed by atoms with Gasteiger partial charge in [-0.25, -0.2) is 0 Å². The van der Waals surface area contributed by atoms with Gasteiger partial charge >= 0.3 is 0 Å². The lowest BCUT2D eigenvalue weighted by atomic mass is 9.91. The summed E-state index contributed by atoms with van der Waals surface area (Å²) in [4.78, 5) is 17.8. The molecule has 0 aromatic heterocycles. The fourth-order valence-corrected chi connectivity index (χ4v) is 5.48. The van der Waals surface area contributed by atoms with E-state index in [1.165, 1.54) is 24.0 Å². The number of piperazine rings is 1. The van der Waals surface area contributed by atoms with Gasteiger partial charge in [-0.3, -0.25) is 9.69 Å². The van der Waals surface area contributed by atoms with E-state index in [2.05, 4.69) is 75.8 Å². The highest BCUT2D eigenvalue weighted by molar-refractivity contribution is 5.85. The number of amides is 1. The summed E-state index contributed by atoms with van der Waals surface area (Å²) in [6, 6.07) is 21.8. The third-order valence-electron chi connectivity index (χ3n) is 7.31. The Kier molecular flexibility index (Phi) is 8.03. The van der Waals surface area contributed by atoms with Gasteiger partial charge in [0.2, 0.25) is 5.91 Å². The van der Waals surface area contributed by atoms with Crippen molar-refractivity contribution in [2.75, 3.05) is 39.3 Å². The molecule has 4 nitrogen and oxygen atoms in total. The van der Waals surface area contributed by atoms with Crippen molar-refractivity contribution in [3.8, 4) is 0 Å². The van der Waals surface area contributed by atoms with E-state index in [-0.39, 0.29) is 36.8 Å². The van der Waals surface area contributed by atoms with E-state index in [4.69, 9.17) is 0 Å². The summed E-state index contributed by atoms with van der Waals surface area (Å²) in [5, 5.41) is 3.44. The molecule has 1 unspecified atom stereocenters. The molecular weight excluding hydrogens is 429 g/mol. The normalized spacial score (nSPS) is 22.5. The molecule has 1 aliphatic carbocycles. The number of carbonyl (C=O) groups excluding carboxylic acids is 1. The van der Waals surface area contributed by atoms with E-state index in [1.54, 1.807) is 0 Å². The lowest BCUT2D eigenvalue weighted by molar-refractivity contribution is -0.135. The van der Waals surface area contributed by atoms with Gasteiger partial charge < -0.3 is 10.2 Å². The van der Waals surface area contributed by atoms with Crippen molar-refractivity contribution in [3.63, 3.8) is 0 Å². The molecular formula is C25H33Cl2N3O. The molecule has 0 radical (unpaired) electrons. The largest absolute Gasteiger partial charge is 0.340 e. The summed E-state index contributed by atoms with van der Waals surface area (Å²) in [7, 11) is 0. The van der Waals surface area contributed by atoms with Gasteiger partial charge in [-0.15, -0.1) is 24.8 Å². The van der Waals surface area contributed by atoms with Crippen LogP contribution >= 0.6 is 24.8 Å². The van der Waals surface area contributed by atoms with E-state index < -0.39 is 0 Å².